The zero-order valence-electron chi connectivity index (χ0n) is 18.1. The van der Waals surface area contributed by atoms with Crippen molar-refractivity contribution in [3.63, 3.8) is 0 Å². The van der Waals surface area contributed by atoms with Crippen molar-refractivity contribution in [2.24, 2.45) is 0 Å². The van der Waals surface area contributed by atoms with Gasteiger partial charge in [-0.05, 0) is 35.4 Å². The van der Waals surface area contributed by atoms with Crippen molar-refractivity contribution in [1.29, 1.82) is 0 Å². The van der Waals surface area contributed by atoms with E-state index in [1.807, 2.05) is 72.8 Å². The topological polar surface area (TPSA) is 140 Å². The van der Waals surface area contributed by atoms with Gasteiger partial charge in [0.15, 0.2) is 0 Å². The molecule has 4 amide bonds. The highest BCUT2D eigenvalue weighted by Gasteiger charge is 2.08. The number of urea groups is 2. The first-order chi connectivity index (χ1) is 16.6. The van der Waals surface area contributed by atoms with E-state index < -0.39 is 0 Å². The second-order valence-corrected chi connectivity index (χ2v) is 7.64. The van der Waals surface area contributed by atoms with Crippen LogP contribution in [0.4, 0.5) is 21.5 Å². The second-order valence-electron chi connectivity index (χ2n) is 7.64. The molecule has 0 unspecified atom stereocenters. The van der Waals surface area contributed by atoms with Crippen molar-refractivity contribution in [2.75, 3.05) is 10.6 Å². The van der Waals surface area contributed by atoms with Gasteiger partial charge in [-0.15, -0.1) is 0 Å². The summed E-state index contributed by atoms with van der Waals surface area (Å²) in [6.45, 7) is 0.649. The Morgan fingerprint density at radius 1 is 0.647 bits per heavy atom. The zero-order chi connectivity index (χ0) is 23.3. The highest BCUT2D eigenvalue weighted by Crippen LogP contribution is 2.14. The predicted octanol–water partition coefficient (Wildman–Crippen LogP) is 4.08. The standard InChI is InChI=1S/C24H22N8O2/c33-23(31-21-27-17-8-1-2-9-18(17)28-21)25-13-15-6-5-7-16(12-15)14-26-24(34)32-22-29-19-10-3-4-11-20(19)30-22/h1-12H,13-14H2,(H3,25,27,28,31,33)(H3,26,29,30,32,34). The summed E-state index contributed by atoms with van der Waals surface area (Å²) in [5.74, 6) is 0.763. The van der Waals surface area contributed by atoms with Gasteiger partial charge < -0.3 is 20.6 Å². The third kappa shape index (κ3) is 4.96. The predicted molar refractivity (Wildman–Crippen MR) is 130 cm³/mol. The summed E-state index contributed by atoms with van der Waals surface area (Å²) in [7, 11) is 0. The SMILES string of the molecule is O=C(NCc1cccc(CNC(=O)Nc2nc3ccccc3[nH]2)c1)Nc1nc2ccccc2[nH]1. The Kier molecular flexibility index (Phi) is 5.76. The molecule has 0 aliphatic rings. The van der Waals surface area contributed by atoms with Gasteiger partial charge in [-0.3, -0.25) is 10.6 Å². The first-order valence-corrected chi connectivity index (χ1v) is 10.7. The molecule has 5 aromatic rings. The molecule has 0 aliphatic heterocycles. The number of hydrogen-bond donors (Lipinski definition) is 6. The summed E-state index contributed by atoms with van der Waals surface area (Å²) in [4.78, 5) is 39.2. The van der Waals surface area contributed by atoms with E-state index in [2.05, 4.69) is 41.2 Å². The number of aromatic amines is 2. The molecule has 0 aliphatic carbocycles. The van der Waals surface area contributed by atoms with Crippen molar-refractivity contribution in [2.45, 2.75) is 13.1 Å². The van der Waals surface area contributed by atoms with Crippen LogP contribution in [0.5, 0.6) is 0 Å². The highest BCUT2D eigenvalue weighted by atomic mass is 16.2. The number of H-pyrrole nitrogens is 2. The molecule has 0 spiro atoms. The molecule has 5 rings (SSSR count). The summed E-state index contributed by atoms with van der Waals surface area (Å²) in [6, 6.07) is 21.9. The van der Waals surface area contributed by atoms with Gasteiger partial charge in [0.1, 0.15) is 0 Å². The first-order valence-electron chi connectivity index (χ1n) is 10.7. The third-order valence-electron chi connectivity index (χ3n) is 5.14. The largest absolute Gasteiger partial charge is 0.334 e. The average molecular weight is 454 g/mol. The van der Waals surface area contributed by atoms with Gasteiger partial charge in [0, 0.05) is 13.1 Å². The fraction of sp³-hybridized carbons (Fsp3) is 0.0833. The van der Waals surface area contributed by atoms with Gasteiger partial charge in [0.2, 0.25) is 11.9 Å². The molecule has 6 N–H and O–H groups in total. The number of nitrogens with one attached hydrogen (secondary N) is 6. The summed E-state index contributed by atoms with van der Waals surface area (Å²) in [6.07, 6.45) is 0. The summed E-state index contributed by atoms with van der Waals surface area (Å²) < 4.78 is 0. The molecule has 0 fully saturated rings. The number of aromatic nitrogens is 4. The molecular weight excluding hydrogens is 432 g/mol. The fourth-order valence-electron chi connectivity index (χ4n) is 3.54. The van der Waals surface area contributed by atoms with Gasteiger partial charge in [-0.25, -0.2) is 19.6 Å². The minimum Gasteiger partial charge on any atom is -0.334 e. The molecule has 10 nitrogen and oxygen atoms in total. The molecular formula is C24H22N8O2. The van der Waals surface area contributed by atoms with Gasteiger partial charge in [-0.2, -0.15) is 0 Å². The summed E-state index contributed by atoms with van der Waals surface area (Å²) in [5, 5.41) is 11.0. The number of carbonyl (C=O) groups is 2. The zero-order valence-corrected chi connectivity index (χ0v) is 18.1. The Morgan fingerprint density at radius 2 is 1.12 bits per heavy atom. The molecule has 170 valence electrons. The summed E-state index contributed by atoms with van der Waals surface area (Å²) in [5.41, 5.74) is 5.06. The van der Waals surface area contributed by atoms with Crippen LogP contribution >= 0.6 is 0 Å². The van der Waals surface area contributed by atoms with E-state index in [0.717, 1.165) is 33.2 Å². The molecule has 0 atom stereocenters. The monoisotopic (exact) mass is 454 g/mol. The number of anilines is 2. The second kappa shape index (κ2) is 9.33. The maximum atomic E-state index is 12.2. The maximum absolute atomic E-state index is 12.2. The molecule has 0 bridgehead atoms. The summed E-state index contributed by atoms with van der Waals surface area (Å²) >= 11 is 0. The van der Waals surface area contributed by atoms with E-state index in [9.17, 15) is 9.59 Å². The van der Waals surface area contributed by atoms with Gasteiger partial charge in [0.05, 0.1) is 22.1 Å². The van der Waals surface area contributed by atoms with E-state index in [4.69, 9.17) is 0 Å². The molecule has 0 radical (unpaired) electrons. The van der Waals surface area contributed by atoms with Gasteiger partial charge in [-0.1, -0.05) is 48.5 Å². The number of fused-ring (bicyclic) bond motifs is 2. The van der Waals surface area contributed by atoms with E-state index >= 15 is 0 Å². The van der Waals surface area contributed by atoms with Crippen molar-refractivity contribution in [1.82, 2.24) is 30.6 Å². The Balaban J connectivity index is 1.11. The Morgan fingerprint density at radius 3 is 1.59 bits per heavy atom. The highest BCUT2D eigenvalue weighted by molar-refractivity contribution is 5.90. The fourth-order valence-corrected chi connectivity index (χ4v) is 3.54. The molecule has 2 aromatic heterocycles. The van der Waals surface area contributed by atoms with Crippen molar-refractivity contribution in [3.8, 4) is 0 Å². The van der Waals surface area contributed by atoms with Crippen LogP contribution in [0.2, 0.25) is 0 Å². The minimum atomic E-state index is -0.368. The third-order valence-corrected chi connectivity index (χ3v) is 5.14. The van der Waals surface area contributed by atoms with E-state index in [-0.39, 0.29) is 12.1 Å². The Bertz CT molecular complexity index is 1300. The lowest BCUT2D eigenvalue weighted by Gasteiger charge is -2.09. The minimum absolute atomic E-state index is 0.324. The number of amides is 4. The van der Waals surface area contributed by atoms with Crippen LogP contribution < -0.4 is 21.3 Å². The van der Waals surface area contributed by atoms with Crippen LogP contribution in [-0.4, -0.2) is 32.0 Å². The normalized spacial score (nSPS) is 10.8. The van der Waals surface area contributed by atoms with Crippen LogP contribution in [0.1, 0.15) is 11.1 Å². The van der Waals surface area contributed by atoms with Crippen LogP contribution in [0.25, 0.3) is 22.1 Å². The lowest BCUT2D eigenvalue weighted by Crippen LogP contribution is -2.29. The van der Waals surface area contributed by atoms with Gasteiger partial charge >= 0.3 is 12.1 Å². The Labute approximate surface area is 194 Å². The van der Waals surface area contributed by atoms with Crippen LogP contribution in [-0.2, 0) is 13.1 Å². The van der Waals surface area contributed by atoms with E-state index in [0.29, 0.717) is 25.0 Å². The number of benzene rings is 3. The Hall–Kier alpha value is -4.86. The number of nitrogens with zero attached hydrogens (tertiary/aromatic N) is 2. The van der Waals surface area contributed by atoms with Crippen LogP contribution in [0.3, 0.4) is 0 Å². The number of para-hydroxylation sites is 4. The van der Waals surface area contributed by atoms with Gasteiger partial charge in [0.25, 0.3) is 0 Å². The van der Waals surface area contributed by atoms with Crippen molar-refractivity contribution in [3.05, 3.63) is 83.9 Å². The number of carbonyl (C=O) groups excluding carboxylic acids is 2. The van der Waals surface area contributed by atoms with Crippen LogP contribution in [0.15, 0.2) is 72.8 Å². The number of imidazole rings is 2. The molecule has 34 heavy (non-hydrogen) atoms. The van der Waals surface area contributed by atoms with E-state index in [1.54, 1.807) is 0 Å². The molecule has 10 heteroatoms. The molecule has 2 heterocycles. The lowest BCUT2D eigenvalue weighted by atomic mass is 10.1. The maximum Gasteiger partial charge on any atom is 0.321 e. The quantitative estimate of drug-likeness (QED) is 0.230. The number of rotatable bonds is 6. The lowest BCUT2D eigenvalue weighted by molar-refractivity contribution is 0.251. The van der Waals surface area contributed by atoms with Crippen LogP contribution in [0, 0.1) is 0 Å². The first kappa shape index (κ1) is 21.0. The smallest absolute Gasteiger partial charge is 0.321 e. The molecule has 3 aromatic carbocycles. The van der Waals surface area contributed by atoms with Crippen molar-refractivity contribution >= 4 is 46.0 Å². The molecule has 0 saturated heterocycles. The average Bonchev–Trinajstić information content (AvgIpc) is 3.44. The van der Waals surface area contributed by atoms with E-state index in [1.165, 1.54) is 0 Å². The molecule has 0 saturated carbocycles. The number of hydrogen-bond acceptors (Lipinski definition) is 4. The van der Waals surface area contributed by atoms with Crippen molar-refractivity contribution < 1.29 is 9.59 Å².